The van der Waals surface area contributed by atoms with E-state index >= 15 is 0 Å². The van der Waals surface area contributed by atoms with E-state index in [4.69, 9.17) is 10.8 Å². The smallest absolute Gasteiger partial charge is 0.353 e. The van der Waals surface area contributed by atoms with Gasteiger partial charge in [0.2, 0.25) is 0 Å². The van der Waals surface area contributed by atoms with Gasteiger partial charge in [0.05, 0.1) is 12.8 Å². The van der Waals surface area contributed by atoms with Crippen LogP contribution in [0.15, 0.2) is 16.6 Å². The minimum absolute atomic E-state index is 0.0124. The minimum Gasteiger partial charge on any atom is -0.395 e. The summed E-state index contributed by atoms with van der Waals surface area (Å²) >= 11 is 0. The highest BCUT2D eigenvalue weighted by atomic mass is 19.1. The maximum Gasteiger partial charge on any atom is 0.353 e. The largest absolute Gasteiger partial charge is 0.395 e. The van der Waals surface area contributed by atoms with Gasteiger partial charge in [0.25, 0.3) is 0 Å². The molecule has 0 amide bonds. The van der Waals surface area contributed by atoms with Gasteiger partial charge in [0, 0.05) is 11.6 Å². The van der Waals surface area contributed by atoms with Crippen molar-refractivity contribution in [3.63, 3.8) is 0 Å². The molecule has 0 aromatic carbocycles. The summed E-state index contributed by atoms with van der Waals surface area (Å²) in [6.45, 7) is 1.88. The van der Waals surface area contributed by atoms with E-state index in [1.54, 1.807) is 0 Å². The Hall–Kier alpha value is -1.69. The Morgan fingerprint density at radius 3 is 3.06 bits per heavy atom. The van der Waals surface area contributed by atoms with Crippen LogP contribution in [0.1, 0.15) is 13.3 Å². The fraction of sp³-hybridized carbons (Fsp3) is 0.400. The number of rotatable bonds is 2. The van der Waals surface area contributed by atoms with E-state index in [0.717, 1.165) is 16.3 Å². The molecule has 0 saturated heterocycles. The average Bonchev–Trinajstić information content (AvgIpc) is 2.87. The first-order valence-electron chi connectivity index (χ1n) is 4.82. The molecule has 0 aliphatic heterocycles. The Kier molecular flexibility index (Phi) is 2.31. The van der Waals surface area contributed by atoms with Crippen LogP contribution in [0.3, 0.4) is 0 Å². The summed E-state index contributed by atoms with van der Waals surface area (Å²) < 4.78 is 14.1. The predicted molar refractivity (Wildman–Crippen MR) is 57.0 cm³/mol. The van der Waals surface area contributed by atoms with Crippen molar-refractivity contribution >= 4 is 12.0 Å². The van der Waals surface area contributed by atoms with E-state index in [2.05, 4.69) is 4.98 Å². The molecule has 1 aromatic heterocycles. The molecule has 0 spiro atoms. The third-order valence-corrected chi connectivity index (χ3v) is 2.81. The summed E-state index contributed by atoms with van der Waals surface area (Å²) in [4.78, 5) is 14.7. The van der Waals surface area contributed by atoms with Gasteiger partial charge >= 0.3 is 5.69 Å². The van der Waals surface area contributed by atoms with Crippen molar-refractivity contribution in [3.05, 3.63) is 28.1 Å². The van der Waals surface area contributed by atoms with Crippen LogP contribution >= 0.6 is 0 Å². The average molecular weight is 225 g/mol. The second-order valence-corrected chi connectivity index (χ2v) is 4.21. The van der Waals surface area contributed by atoms with Gasteiger partial charge in [-0.05, 0) is 12.0 Å². The highest BCUT2D eigenvalue weighted by molar-refractivity contribution is 5.46. The molecule has 1 fully saturated rings. The van der Waals surface area contributed by atoms with Crippen molar-refractivity contribution in [2.45, 2.75) is 13.3 Å². The van der Waals surface area contributed by atoms with Crippen molar-refractivity contribution in [1.29, 1.82) is 0 Å². The van der Waals surface area contributed by atoms with E-state index in [0.29, 0.717) is 6.42 Å². The van der Waals surface area contributed by atoms with Crippen molar-refractivity contribution in [1.82, 2.24) is 9.55 Å². The quantitative estimate of drug-likeness (QED) is 0.753. The lowest BCUT2D eigenvalue weighted by Gasteiger charge is -2.02. The Bertz CT molecular complexity index is 523. The first kappa shape index (κ1) is 10.8. The second kappa shape index (κ2) is 3.41. The van der Waals surface area contributed by atoms with Crippen molar-refractivity contribution in [3.8, 4) is 0 Å². The van der Waals surface area contributed by atoms with Crippen LogP contribution in [-0.2, 0) is 0 Å². The second-order valence-electron chi connectivity index (χ2n) is 4.21. The number of nitrogen functional groups attached to an aromatic ring is 1. The molecular weight excluding hydrogens is 213 g/mol. The number of aromatic nitrogens is 2. The van der Waals surface area contributed by atoms with Gasteiger partial charge in [-0.25, -0.2) is 9.18 Å². The molecule has 5 nitrogen and oxygen atoms in total. The van der Waals surface area contributed by atoms with Crippen LogP contribution in [0.4, 0.5) is 10.2 Å². The molecule has 1 aromatic rings. The summed E-state index contributed by atoms with van der Waals surface area (Å²) in [5.41, 5.74) is 5.14. The van der Waals surface area contributed by atoms with Gasteiger partial charge in [-0.1, -0.05) is 6.92 Å². The van der Waals surface area contributed by atoms with E-state index in [-0.39, 0.29) is 12.0 Å². The number of hydrogen-bond acceptors (Lipinski definition) is 4. The molecule has 1 aliphatic carbocycles. The van der Waals surface area contributed by atoms with Gasteiger partial charge in [-0.15, -0.1) is 0 Å². The molecule has 16 heavy (non-hydrogen) atoms. The lowest BCUT2D eigenvalue weighted by atomic mass is 10.1. The summed E-state index contributed by atoms with van der Waals surface area (Å²) in [6.07, 6.45) is 3.18. The maximum atomic E-state index is 13.1. The van der Waals surface area contributed by atoms with Gasteiger partial charge in [-0.2, -0.15) is 4.98 Å². The first-order chi connectivity index (χ1) is 7.46. The van der Waals surface area contributed by atoms with Crippen molar-refractivity contribution < 1.29 is 9.50 Å². The predicted octanol–water partition coefficient (Wildman–Crippen LogP) is 0.208. The van der Waals surface area contributed by atoms with E-state index in [1.165, 1.54) is 6.20 Å². The normalized spacial score (nSPS) is 26.1. The fourth-order valence-electron chi connectivity index (χ4n) is 1.45. The molecule has 0 radical (unpaired) electrons. The fourth-order valence-corrected chi connectivity index (χ4v) is 1.45. The monoisotopic (exact) mass is 225 g/mol. The first-order valence-corrected chi connectivity index (χ1v) is 4.82. The third kappa shape index (κ3) is 1.71. The Labute approximate surface area is 91.0 Å². The standard InChI is InChI=1S/C10H12FN3O2/c1-10(5-15)2-6(10)3-14-4-7(11)8(12)13-9(14)16/h3-4,15H,2,5H2,1H3,(H2,12,13,16)/b6-3-/t10-/m0/s1. The molecule has 0 unspecified atom stereocenters. The number of nitrogens with zero attached hydrogens (tertiary/aromatic N) is 2. The maximum absolute atomic E-state index is 13.1. The molecule has 1 heterocycles. The molecule has 1 aliphatic rings. The highest BCUT2D eigenvalue weighted by Gasteiger charge is 2.43. The van der Waals surface area contributed by atoms with Gasteiger partial charge in [-0.3, -0.25) is 4.57 Å². The van der Waals surface area contributed by atoms with E-state index in [9.17, 15) is 9.18 Å². The number of halogens is 1. The van der Waals surface area contributed by atoms with Crippen molar-refractivity contribution in [2.24, 2.45) is 5.41 Å². The molecular formula is C10H12FN3O2. The highest BCUT2D eigenvalue weighted by Crippen LogP contribution is 2.51. The van der Waals surface area contributed by atoms with Crippen LogP contribution < -0.4 is 11.4 Å². The van der Waals surface area contributed by atoms with Gasteiger partial charge in [0.15, 0.2) is 11.6 Å². The zero-order chi connectivity index (χ0) is 11.9. The van der Waals surface area contributed by atoms with Crippen LogP contribution in [0.25, 0.3) is 6.20 Å². The molecule has 6 heteroatoms. The number of anilines is 1. The third-order valence-electron chi connectivity index (χ3n) is 2.81. The SMILES string of the molecule is C[C@@]1(CO)C/C1=C/n1cc(F)c(N)nc1=O. The lowest BCUT2D eigenvalue weighted by molar-refractivity contribution is 0.233. The van der Waals surface area contributed by atoms with Crippen LogP contribution in [-0.4, -0.2) is 21.3 Å². The zero-order valence-corrected chi connectivity index (χ0v) is 8.77. The van der Waals surface area contributed by atoms with Gasteiger partial charge < -0.3 is 10.8 Å². The number of hydrogen-bond donors (Lipinski definition) is 2. The summed E-state index contributed by atoms with van der Waals surface area (Å²) in [5, 5.41) is 9.04. The van der Waals surface area contributed by atoms with Crippen LogP contribution in [0.2, 0.25) is 0 Å². The zero-order valence-electron chi connectivity index (χ0n) is 8.77. The molecule has 86 valence electrons. The minimum atomic E-state index is -0.734. The van der Waals surface area contributed by atoms with Crippen LogP contribution in [0.5, 0.6) is 0 Å². The summed E-state index contributed by atoms with van der Waals surface area (Å²) in [5.74, 6) is -1.14. The number of aliphatic hydroxyl groups excluding tert-OH is 1. The Morgan fingerprint density at radius 1 is 1.81 bits per heavy atom. The van der Waals surface area contributed by atoms with Crippen molar-refractivity contribution in [2.75, 3.05) is 12.3 Å². The number of aliphatic hydroxyl groups is 1. The molecule has 2 rings (SSSR count). The summed E-state index contributed by atoms with van der Waals surface area (Å²) in [7, 11) is 0. The molecule has 0 bridgehead atoms. The van der Waals surface area contributed by atoms with E-state index in [1.807, 2.05) is 6.92 Å². The molecule has 1 saturated carbocycles. The Balaban J connectivity index is 2.38. The lowest BCUT2D eigenvalue weighted by Crippen LogP contribution is -2.21. The Morgan fingerprint density at radius 2 is 2.50 bits per heavy atom. The number of nitrogens with two attached hydrogens (primary N) is 1. The van der Waals surface area contributed by atoms with E-state index < -0.39 is 17.3 Å². The summed E-state index contributed by atoms with van der Waals surface area (Å²) in [6, 6.07) is 0. The van der Waals surface area contributed by atoms with Gasteiger partial charge in [0.1, 0.15) is 0 Å². The molecule has 1 atom stereocenters. The topological polar surface area (TPSA) is 81.1 Å². The van der Waals surface area contributed by atoms with Crippen LogP contribution in [0, 0.1) is 11.2 Å². The molecule has 3 N–H and O–H groups in total.